The second-order valence-electron chi connectivity index (χ2n) is 9.31. The molecule has 2 N–H and O–H groups in total. The molecule has 0 saturated heterocycles. The van der Waals surface area contributed by atoms with E-state index in [0.717, 1.165) is 11.1 Å². The van der Waals surface area contributed by atoms with Crippen LogP contribution in [0.3, 0.4) is 0 Å². The van der Waals surface area contributed by atoms with E-state index >= 15 is 0 Å². The minimum Gasteiger partial charge on any atom is -0.493 e. The molecule has 1 aromatic heterocycles. The van der Waals surface area contributed by atoms with Crippen molar-refractivity contribution in [2.45, 2.75) is 26.4 Å². The van der Waals surface area contributed by atoms with E-state index in [9.17, 15) is 10.2 Å². The molecule has 4 aromatic carbocycles. The standard InChI is InChI=1S/C34H32O7/c1-37-31-17-25(13-15-29(31)39-21-23-9-5-3-6-10-23)33-27(19-35)28(20-36)34(41-33)26-14-16-30(32(18-26)38-2)40-22-24-11-7-4-8-12-24/h3-18,35-36H,19-22H2,1-2H3. The van der Waals surface area contributed by atoms with Gasteiger partial charge in [0.15, 0.2) is 23.0 Å². The number of benzene rings is 4. The first-order chi connectivity index (χ1) is 20.1. The molecule has 0 fully saturated rings. The fraction of sp³-hybridized carbons (Fsp3) is 0.176. The van der Waals surface area contributed by atoms with E-state index < -0.39 is 0 Å². The van der Waals surface area contributed by atoms with Crippen LogP contribution in [0, 0.1) is 0 Å². The molecule has 0 atom stereocenters. The van der Waals surface area contributed by atoms with Crippen molar-refractivity contribution >= 4 is 0 Å². The second-order valence-corrected chi connectivity index (χ2v) is 9.31. The zero-order valence-electron chi connectivity index (χ0n) is 23.0. The Balaban J connectivity index is 1.45. The molecule has 210 valence electrons. The fourth-order valence-corrected chi connectivity index (χ4v) is 4.63. The lowest BCUT2D eigenvalue weighted by Crippen LogP contribution is -1.98. The molecule has 41 heavy (non-hydrogen) atoms. The van der Waals surface area contributed by atoms with Gasteiger partial charge in [-0.3, -0.25) is 0 Å². The number of aliphatic hydroxyl groups is 2. The molecule has 0 aliphatic rings. The van der Waals surface area contributed by atoms with Crippen molar-refractivity contribution in [3.63, 3.8) is 0 Å². The Kier molecular flexibility index (Phi) is 8.89. The lowest BCUT2D eigenvalue weighted by atomic mass is 10.0. The number of ether oxygens (including phenoxy) is 4. The summed E-state index contributed by atoms with van der Waals surface area (Å²) in [5.41, 5.74) is 4.41. The van der Waals surface area contributed by atoms with Gasteiger partial charge in [-0.1, -0.05) is 60.7 Å². The van der Waals surface area contributed by atoms with Gasteiger partial charge in [-0.25, -0.2) is 0 Å². The molecule has 7 heteroatoms. The Labute approximate surface area is 239 Å². The van der Waals surface area contributed by atoms with Gasteiger partial charge in [0.1, 0.15) is 24.7 Å². The van der Waals surface area contributed by atoms with Crippen LogP contribution in [0.1, 0.15) is 22.3 Å². The molecular formula is C34H32O7. The van der Waals surface area contributed by atoms with Crippen molar-refractivity contribution in [2.75, 3.05) is 14.2 Å². The molecule has 5 rings (SSSR count). The molecule has 0 aliphatic heterocycles. The van der Waals surface area contributed by atoms with E-state index in [0.29, 0.717) is 70.0 Å². The molecule has 7 nitrogen and oxygen atoms in total. The van der Waals surface area contributed by atoms with Gasteiger partial charge < -0.3 is 33.6 Å². The number of hydrogen-bond donors (Lipinski definition) is 2. The molecular weight excluding hydrogens is 520 g/mol. The third-order valence-electron chi connectivity index (χ3n) is 6.76. The number of aliphatic hydroxyl groups excluding tert-OH is 2. The SMILES string of the molecule is COc1cc(-c2oc(-c3ccc(OCc4ccccc4)c(OC)c3)c(CO)c2CO)ccc1OCc1ccccc1. The monoisotopic (exact) mass is 552 g/mol. The number of methoxy groups -OCH3 is 2. The summed E-state index contributed by atoms with van der Waals surface area (Å²) in [7, 11) is 3.14. The van der Waals surface area contributed by atoms with Crippen molar-refractivity contribution < 1.29 is 33.6 Å². The smallest absolute Gasteiger partial charge is 0.161 e. The van der Waals surface area contributed by atoms with Crippen LogP contribution in [-0.2, 0) is 26.4 Å². The third kappa shape index (κ3) is 6.22. The molecule has 5 aromatic rings. The first kappa shape index (κ1) is 27.8. The van der Waals surface area contributed by atoms with Gasteiger partial charge >= 0.3 is 0 Å². The van der Waals surface area contributed by atoms with E-state index in [1.807, 2.05) is 72.8 Å². The van der Waals surface area contributed by atoms with Crippen LogP contribution in [0.2, 0.25) is 0 Å². The molecule has 0 aliphatic carbocycles. The van der Waals surface area contributed by atoms with Crippen LogP contribution in [0.4, 0.5) is 0 Å². The molecule has 0 saturated carbocycles. The van der Waals surface area contributed by atoms with Gasteiger partial charge in [-0.2, -0.15) is 0 Å². The average Bonchev–Trinajstić information content (AvgIpc) is 3.42. The van der Waals surface area contributed by atoms with Crippen molar-refractivity contribution in [2.24, 2.45) is 0 Å². The highest BCUT2D eigenvalue weighted by Gasteiger charge is 2.23. The Morgan fingerprint density at radius 1 is 0.537 bits per heavy atom. The molecule has 0 unspecified atom stereocenters. The minimum absolute atomic E-state index is 0.321. The Morgan fingerprint density at radius 3 is 1.32 bits per heavy atom. The summed E-state index contributed by atoms with van der Waals surface area (Å²) < 4.78 is 29.5. The number of hydrogen-bond acceptors (Lipinski definition) is 7. The van der Waals surface area contributed by atoms with E-state index in [2.05, 4.69) is 0 Å². The summed E-state index contributed by atoms with van der Waals surface area (Å²) in [6.45, 7) is 0.146. The Hall–Kier alpha value is -4.72. The van der Waals surface area contributed by atoms with Crippen LogP contribution in [0.15, 0.2) is 101 Å². The van der Waals surface area contributed by atoms with Crippen LogP contribution in [-0.4, -0.2) is 24.4 Å². The summed E-state index contributed by atoms with van der Waals surface area (Å²) in [4.78, 5) is 0. The normalized spacial score (nSPS) is 10.8. The van der Waals surface area contributed by atoms with Crippen molar-refractivity contribution in [1.29, 1.82) is 0 Å². The molecule has 0 radical (unpaired) electrons. The predicted molar refractivity (Wildman–Crippen MR) is 156 cm³/mol. The van der Waals surface area contributed by atoms with Crippen molar-refractivity contribution in [1.82, 2.24) is 0 Å². The largest absolute Gasteiger partial charge is 0.493 e. The molecule has 1 heterocycles. The first-order valence-electron chi connectivity index (χ1n) is 13.2. The van der Waals surface area contributed by atoms with Gasteiger partial charge in [-0.05, 0) is 47.5 Å². The Bertz CT molecular complexity index is 1460. The zero-order valence-corrected chi connectivity index (χ0v) is 23.0. The maximum atomic E-state index is 10.3. The quantitative estimate of drug-likeness (QED) is 0.176. The highest BCUT2D eigenvalue weighted by Crippen LogP contribution is 2.42. The van der Waals surface area contributed by atoms with Crippen LogP contribution >= 0.6 is 0 Å². The van der Waals surface area contributed by atoms with Crippen LogP contribution < -0.4 is 18.9 Å². The summed E-state index contributed by atoms with van der Waals surface area (Å²) in [5, 5.41) is 20.6. The summed E-state index contributed by atoms with van der Waals surface area (Å²) in [6, 6.07) is 30.6. The van der Waals surface area contributed by atoms with Crippen molar-refractivity contribution in [3.05, 3.63) is 119 Å². The van der Waals surface area contributed by atoms with Gasteiger partial charge in [0.25, 0.3) is 0 Å². The summed E-state index contributed by atoms with van der Waals surface area (Å²) >= 11 is 0. The number of rotatable bonds is 12. The lowest BCUT2D eigenvalue weighted by Gasteiger charge is -2.12. The highest BCUT2D eigenvalue weighted by molar-refractivity contribution is 5.75. The van der Waals surface area contributed by atoms with Gasteiger partial charge in [0.05, 0.1) is 27.4 Å². The van der Waals surface area contributed by atoms with E-state index in [1.54, 1.807) is 38.5 Å². The average molecular weight is 553 g/mol. The summed E-state index contributed by atoms with van der Waals surface area (Å²) in [5.74, 6) is 3.07. The molecule has 0 bridgehead atoms. The van der Waals surface area contributed by atoms with Gasteiger partial charge in [-0.15, -0.1) is 0 Å². The summed E-state index contributed by atoms with van der Waals surface area (Å²) in [6.07, 6.45) is 0. The lowest BCUT2D eigenvalue weighted by molar-refractivity contribution is 0.262. The van der Waals surface area contributed by atoms with E-state index in [-0.39, 0.29) is 13.2 Å². The molecule has 0 spiro atoms. The van der Waals surface area contributed by atoms with Crippen LogP contribution in [0.5, 0.6) is 23.0 Å². The zero-order chi connectivity index (χ0) is 28.6. The topological polar surface area (TPSA) is 90.5 Å². The van der Waals surface area contributed by atoms with Crippen LogP contribution in [0.25, 0.3) is 22.6 Å². The maximum Gasteiger partial charge on any atom is 0.161 e. The second kappa shape index (κ2) is 13.1. The molecule has 0 amide bonds. The van der Waals surface area contributed by atoms with Crippen molar-refractivity contribution in [3.8, 4) is 45.6 Å². The fourth-order valence-electron chi connectivity index (χ4n) is 4.63. The minimum atomic E-state index is -0.321. The van der Waals surface area contributed by atoms with Gasteiger partial charge in [0.2, 0.25) is 0 Å². The highest BCUT2D eigenvalue weighted by atomic mass is 16.5. The third-order valence-corrected chi connectivity index (χ3v) is 6.76. The maximum absolute atomic E-state index is 10.3. The number of furan rings is 1. The van der Waals surface area contributed by atoms with E-state index in [1.165, 1.54) is 0 Å². The Morgan fingerprint density at radius 2 is 0.951 bits per heavy atom. The van der Waals surface area contributed by atoms with Gasteiger partial charge in [0, 0.05) is 22.3 Å². The first-order valence-corrected chi connectivity index (χ1v) is 13.2. The van der Waals surface area contributed by atoms with E-state index in [4.69, 9.17) is 23.4 Å². The predicted octanol–water partition coefficient (Wildman–Crippen LogP) is 6.77.